The van der Waals surface area contributed by atoms with Gasteiger partial charge in [-0.15, -0.1) is 10.2 Å². The number of rotatable bonds is 5. The first-order valence-electron chi connectivity index (χ1n) is 6.99. The van der Waals surface area contributed by atoms with Gasteiger partial charge in [0, 0.05) is 5.56 Å². The number of halogens is 5. The van der Waals surface area contributed by atoms with Crippen LogP contribution in [0.25, 0.3) is 10.6 Å². The molecule has 2 aromatic heterocycles. The summed E-state index contributed by atoms with van der Waals surface area (Å²) >= 11 is 13.4. The van der Waals surface area contributed by atoms with Gasteiger partial charge < -0.3 is 5.32 Å². The summed E-state index contributed by atoms with van der Waals surface area (Å²) < 4.78 is 43.8. The summed E-state index contributed by atoms with van der Waals surface area (Å²) in [7, 11) is 0. The molecule has 142 valence electrons. The fraction of sp³-hybridized carbons (Fsp3) is 0.143. The first-order chi connectivity index (χ1) is 12.8. The quantitative estimate of drug-likeness (QED) is 0.400. The van der Waals surface area contributed by atoms with E-state index in [1.54, 1.807) is 24.3 Å². The maximum Gasteiger partial charge on any atom is 0.418 e. The number of benzene rings is 1. The number of amides is 1. The van der Waals surface area contributed by atoms with E-state index in [0.29, 0.717) is 28.3 Å². The molecule has 1 atom stereocenters. The number of hydrogen-bond acceptors (Lipinski definition) is 7. The molecule has 13 heteroatoms. The summed E-state index contributed by atoms with van der Waals surface area (Å²) in [4.78, 5) is 11.9. The molecule has 0 aliphatic heterocycles. The molecule has 0 fully saturated rings. The molecule has 3 aromatic rings. The van der Waals surface area contributed by atoms with E-state index in [0.717, 1.165) is 16.9 Å². The lowest BCUT2D eigenvalue weighted by atomic mass is 10.2. The Balaban J connectivity index is 1.77. The molecule has 0 aliphatic rings. The van der Waals surface area contributed by atoms with E-state index in [1.807, 2.05) is 11.4 Å². The predicted octanol–water partition coefficient (Wildman–Crippen LogP) is 5.38. The minimum absolute atomic E-state index is 0.0601. The molecule has 2 heterocycles. The summed E-state index contributed by atoms with van der Waals surface area (Å²) in [5.74, 6) is -1.02. The Labute approximate surface area is 173 Å². The second-order valence-corrected chi connectivity index (χ2v) is 8.71. The van der Waals surface area contributed by atoms with E-state index in [9.17, 15) is 18.0 Å². The van der Waals surface area contributed by atoms with Crippen molar-refractivity contribution < 1.29 is 18.0 Å². The molecule has 0 radical (unpaired) electrons. The van der Waals surface area contributed by atoms with Gasteiger partial charge in [0.25, 0.3) is 5.91 Å². The van der Waals surface area contributed by atoms with Gasteiger partial charge in [-0.3, -0.25) is 4.79 Å². The van der Waals surface area contributed by atoms with E-state index in [4.69, 9.17) is 23.2 Å². The summed E-state index contributed by atoms with van der Waals surface area (Å²) in [5.41, 5.74) is 0.737. The van der Waals surface area contributed by atoms with Gasteiger partial charge in [-0.2, -0.15) is 17.5 Å². The number of nitrogens with zero attached hydrogens (tertiary/aromatic N) is 3. The second kappa shape index (κ2) is 8.31. The number of aromatic nitrogens is 3. The maximum atomic E-state index is 13.4. The van der Waals surface area contributed by atoms with Crippen molar-refractivity contribution in [3.63, 3.8) is 0 Å². The highest BCUT2D eigenvalue weighted by atomic mass is 35.5. The predicted molar refractivity (Wildman–Crippen MR) is 101 cm³/mol. The molecular formula is C14H7Cl2F3N4OS3. The summed E-state index contributed by atoms with van der Waals surface area (Å²) in [5, 5.41) is 7.47. The van der Waals surface area contributed by atoms with Gasteiger partial charge in [-0.25, -0.2) is 0 Å². The Bertz CT molecular complexity index is 949. The first kappa shape index (κ1) is 20.3. The third-order valence-electron chi connectivity index (χ3n) is 3.01. The van der Waals surface area contributed by atoms with Crippen molar-refractivity contribution in [3.05, 3.63) is 45.4 Å². The van der Waals surface area contributed by atoms with Crippen molar-refractivity contribution in [1.29, 1.82) is 0 Å². The normalized spacial score (nSPS) is 12.8. The molecule has 1 unspecified atom stereocenters. The number of thioether (sulfide) groups is 1. The summed E-state index contributed by atoms with van der Waals surface area (Å²) in [6.45, 7) is 0. The lowest BCUT2D eigenvalue weighted by Crippen LogP contribution is -2.42. The fourth-order valence-electron chi connectivity index (χ4n) is 1.82. The maximum absolute atomic E-state index is 13.4. The highest BCUT2D eigenvalue weighted by Gasteiger charge is 2.43. The summed E-state index contributed by atoms with van der Waals surface area (Å²) in [6, 6.07) is 8.92. The zero-order valence-electron chi connectivity index (χ0n) is 12.8. The number of hydrogen-bond donors (Lipinski definition) is 1. The molecule has 3 rings (SSSR count). The largest absolute Gasteiger partial charge is 0.418 e. The van der Waals surface area contributed by atoms with Crippen LogP contribution >= 0.6 is 57.8 Å². The van der Waals surface area contributed by atoms with Crippen molar-refractivity contribution >= 4 is 63.7 Å². The van der Waals surface area contributed by atoms with Gasteiger partial charge in [-0.1, -0.05) is 76.6 Å². The minimum atomic E-state index is -4.72. The van der Waals surface area contributed by atoms with Crippen LogP contribution in [0.5, 0.6) is 0 Å². The number of alkyl halides is 3. The Hall–Kier alpha value is -1.40. The van der Waals surface area contributed by atoms with Crippen LogP contribution in [0.1, 0.15) is 9.67 Å². The Kier molecular flexibility index (Phi) is 6.26. The molecule has 0 saturated carbocycles. The van der Waals surface area contributed by atoms with Crippen molar-refractivity contribution in [1.82, 2.24) is 19.9 Å². The van der Waals surface area contributed by atoms with Crippen molar-refractivity contribution in [2.75, 3.05) is 0 Å². The van der Waals surface area contributed by atoms with Crippen LogP contribution in [0.4, 0.5) is 13.2 Å². The highest BCUT2D eigenvalue weighted by molar-refractivity contribution is 8.01. The van der Waals surface area contributed by atoms with Crippen molar-refractivity contribution in [2.45, 2.75) is 15.9 Å². The van der Waals surface area contributed by atoms with Crippen LogP contribution in [0.15, 0.2) is 34.7 Å². The second-order valence-electron chi connectivity index (χ2n) is 4.87. The third kappa shape index (κ3) is 4.91. The van der Waals surface area contributed by atoms with Gasteiger partial charge >= 0.3 is 6.18 Å². The molecule has 0 aliphatic carbocycles. The molecule has 0 saturated heterocycles. The first-order valence-corrected chi connectivity index (χ1v) is 10.2. The molecule has 1 amide bonds. The van der Waals surface area contributed by atoms with Gasteiger partial charge in [-0.05, 0) is 11.5 Å². The van der Waals surface area contributed by atoms with Crippen LogP contribution in [-0.4, -0.2) is 32.0 Å². The summed E-state index contributed by atoms with van der Waals surface area (Å²) in [6.07, 6.45) is -4.72. The minimum Gasteiger partial charge on any atom is -0.331 e. The van der Waals surface area contributed by atoms with Gasteiger partial charge in [0.2, 0.25) is 0 Å². The number of carbonyl (C=O) groups excluding carboxylic acids is 1. The SMILES string of the molecule is O=C(NC(Sc1nnc(-c2ccccc2)s1)C(F)(F)F)c1snc(Cl)c1Cl. The topological polar surface area (TPSA) is 67.8 Å². The van der Waals surface area contributed by atoms with Crippen LogP contribution in [0, 0.1) is 0 Å². The van der Waals surface area contributed by atoms with Gasteiger partial charge in [0.15, 0.2) is 14.9 Å². The van der Waals surface area contributed by atoms with Crippen LogP contribution in [0.2, 0.25) is 10.2 Å². The molecule has 27 heavy (non-hydrogen) atoms. The average Bonchev–Trinajstić information content (AvgIpc) is 3.22. The fourth-order valence-corrected chi connectivity index (χ4v) is 4.83. The van der Waals surface area contributed by atoms with E-state index in [2.05, 4.69) is 14.6 Å². The standard InChI is InChI=1S/C14H7Cl2F3N4OS3/c15-7-8(27-23-9(7)16)10(24)20-12(14(17,18)19)26-13-22-21-11(25-13)6-4-2-1-3-5-6/h1-5,12H,(H,20,24). The van der Waals surface area contributed by atoms with E-state index in [1.165, 1.54) is 0 Å². The number of nitrogens with one attached hydrogen (secondary N) is 1. The van der Waals surface area contributed by atoms with E-state index >= 15 is 0 Å². The molecular weight excluding hydrogens is 464 g/mol. The van der Waals surface area contributed by atoms with Crippen LogP contribution in [-0.2, 0) is 0 Å². The van der Waals surface area contributed by atoms with E-state index in [-0.39, 0.29) is 19.4 Å². The Morgan fingerprint density at radius 2 is 1.89 bits per heavy atom. The zero-order valence-corrected chi connectivity index (χ0v) is 16.8. The third-order valence-corrected chi connectivity index (χ3v) is 7.02. The monoisotopic (exact) mass is 470 g/mol. The Morgan fingerprint density at radius 1 is 1.19 bits per heavy atom. The van der Waals surface area contributed by atoms with Crippen LogP contribution < -0.4 is 5.32 Å². The highest BCUT2D eigenvalue weighted by Crippen LogP contribution is 2.37. The Morgan fingerprint density at radius 3 is 2.48 bits per heavy atom. The number of carbonyl (C=O) groups is 1. The molecule has 1 aromatic carbocycles. The lowest BCUT2D eigenvalue weighted by molar-refractivity contribution is -0.132. The lowest BCUT2D eigenvalue weighted by Gasteiger charge is -2.19. The van der Waals surface area contributed by atoms with Gasteiger partial charge in [0.1, 0.15) is 14.9 Å². The van der Waals surface area contributed by atoms with Gasteiger partial charge in [0.05, 0.1) is 0 Å². The average molecular weight is 471 g/mol. The van der Waals surface area contributed by atoms with Crippen LogP contribution in [0.3, 0.4) is 0 Å². The molecule has 1 N–H and O–H groups in total. The van der Waals surface area contributed by atoms with E-state index < -0.39 is 17.5 Å². The molecule has 0 spiro atoms. The zero-order chi connectivity index (χ0) is 19.6. The smallest absolute Gasteiger partial charge is 0.331 e. The van der Waals surface area contributed by atoms with Crippen molar-refractivity contribution in [3.8, 4) is 10.6 Å². The van der Waals surface area contributed by atoms with Crippen molar-refractivity contribution in [2.24, 2.45) is 0 Å². The molecule has 0 bridgehead atoms. The molecule has 5 nitrogen and oxygen atoms in total.